The zero-order chi connectivity index (χ0) is 24.1. The standard InChI is InChI=1S/C26H26N2O6/c1-16(13-17-7-6-12-33-17)27-25(31)23(14-24(29)30)28-26(32)34-15-22-20-10-4-2-8-18(20)19-9-3-5-11-21(19)22/h2-12,16,22-23H,13-15H2,1H3,(H,27,31)(H,28,32)(H,29,30). The molecular weight excluding hydrogens is 436 g/mol. The van der Waals surface area contributed by atoms with Crippen LogP contribution in [0.5, 0.6) is 0 Å². The summed E-state index contributed by atoms with van der Waals surface area (Å²) in [7, 11) is 0. The van der Waals surface area contributed by atoms with E-state index in [2.05, 4.69) is 10.6 Å². The summed E-state index contributed by atoms with van der Waals surface area (Å²) in [6, 6.07) is 17.8. The maximum absolute atomic E-state index is 12.7. The average Bonchev–Trinajstić information content (AvgIpc) is 3.43. The van der Waals surface area contributed by atoms with Gasteiger partial charge in [0.2, 0.25) is 5.91 Å². The third-order valence-electron chi connectivity index (χ3n) is 5.81. The molecule has 176 valence electrons. The Morgan fingerprint density at radius 2 is 1.62 bits per heavy atom. The maximum atomic E-state index is 12.7. The number of hydrogen-bond acceptors (Lipinski definition) is 5. The number of benzene rings is 2. The lowest BCUT2D eigenvalue weighted by Gasteiger charge is -2.20. The molecule has 1 aromatic heterocycles. The molecule has 8 heteroatoms. The van der Waals surface area contributed by atoms with Crippen molar-refractivity contribution in [1.82, 2.24) is 10.6 Å². The van der Waals surface area contributed by atoms with Gasteiger partial charge >= 0.3 is 12.1 Å². The Morgan fingerprint density at radius 1 is 0.971 bits per heavy atom. The molecule has 1 aliphatic rings. The number of carboxylic acid groups (broad SMARTS) is 1. The summed E-state index contributed by atoms with van der Waals surface area (Å²) in [5.41, 5.74) is 4.31. The van der Waals surface area contributed by atoms with Gasteiger partial charge in [-0.3, -0.25) is 9.59 Å². The molecule has 0 aliphatic heterocycles. The van der Waals surface area contributed by atoms with Crippen LogP contribution < -0.4 is 10.6 Å². The minimum Gasteiger partial charge on any atom is -0.481 e. The second kappa shape index (κ2) is 10.2. The Hall–Kier alpha value is -4.07. The van der Waals surface area contributed by atoms with Gasteiger partial charge in [-0.05, 0) is 41.3 Å². The first-order valence-electron chi connectivity index (χ1n) is 11.1. The van der Waals surface area contributed by atoms with E-state index in [4.69, 9.17) is 9.15 Å². The van der Waals surface area contributed by atoms with Gasteiger partial charge in [0.15, 0.2) is 0 Å². The Bertz CT molecular complexity index is 1130. The van der Waals surface area contributed by atoms with Gasteiger partial charge in [-0.25, -0.2) is 4.79 Å². The molecule has 0 saturated heterocycles. The number of amides is 2. The van der Waals surface area contributed by atoms with Gasteiger partial charge in [-0.15, -0.1) is 0 Å². The number of alkyl carbamates (subject to hydrolysis) is 1. The van der Waals surface area contributed by atoms with E-state index in [1.54, 1.807) is 19.1 Å². The smallest absolute Gasteiger partial charge is 0.407 e. The van der Waals surface area contributed by atoms with Gasteiger partial charge in [0, 0.05) is 18.4 Å². The quantitative estimate of drug-likeness (QED) is 0.446. The first-order valence-corrected chi connectivity index (χ1v) is 11.1. The van der Waals surface area contributed by atoms with Crippen molar-refractivity contribution in [1.29, 1.82) is 0 Å². The lowest BCUT2D eigenvalue weighted by atomic mass is 9.98. The van der Waals surface area contributed by atoms with Crippen LogP contribution in [0, 0.1) is 0 Å². The van der Waals surface area contributed by atoms with E-state index in [0.29, 0.717) is 12.2 Å². The normalized spacial score (nSPS) is 13.9. The molecule has 2 amide bonds. The topological polar surface area (TPSA) is 118 Å². The molecule has 2 aromatic carbocycles. The minimum absolute atomic E-state index is 0.0656. The summed E-state index contributed by atoms with van der Waals surface area (Å²) in [4.78, 5) is 36.5. The van der Waals surface area contributed by atoms with E-state index in [9.17, 15) is 19.5 Å². The summed E-state index contributed by atoms with van der Waals surface area (Å²) in [5, 5.41) is 14.3. The molecule has 0 bridgehead atoms. The largest absolute Gasteiger partial charge is 0.481 e. The number of furan rings is 1. The van der Waals surface area contributed by atoms with E-state index in [0.717, 1.165) is 22.3 Å². The van der Waals surface area contributed by atoms with Crippen LogP contribution in [-0.2, 0) is 20.7 Å². The SMILES string of the molecule is CC(Cc1ccco1)NC(=O)C(CC(=O)O)NC(=O)OCC1c2ccccc2-c2ccccc21. The maximum Gasteiger partial charge on any atom is 0.407 e. The van der Waals surface area contributed by atoms with Crippen molar-refractivity contribution >= 4 is 18.0 Å². The number of carboxylic acids is 1. The van der Waals surface area contributed by atoms with Gasteiger partial charge in [0.05, 0.1) is 12.7 Å². The molecule has 8 nitrogen and oxygen atoms in total. The van der Waals surface area contributed by atoms with Crippen molar-refractivity contribution in [2.45, 2.75) is 37.8 Å². The predicted octanol–water partition coefficient (Wildman–Crippen LogP) is 3.71. The molecule has 34 heavy (non-hydrogen) atoms. The Morgan fingerprint density at radius 3 is 2.21 bits per heavy atom. The number of carbonyl (C=O) groups is 3. The number of ether oxygens (including phenoxy) is 1. The highest BCUT2D eigenvalue weighted by Gasteiger charge is 2.30. The zero-order valence-corrected chi connectivity index (χ0v) is 18.7. The highest BCUT2D eigenvalue weighted by Crippen LogP contribution is 2.44. The highest BCUT2D eigenvalue weighted by atomic mass is 16.5. The van der Waals surface area contributed by atoms with Crippen LogP contribution in [0.15, 0.2) is 71.3 Å². The van der Waals surface area contributed by atoms with E-state index in [1.807, 2.05) is 48.5 Å². The Kier molecular flexibility index (Phi) is 6.96. The number of hydrogen-bond donors (Lipinski definition) is 3. The first-order chi connectivity index (χ1) is 16.4. The van der Waals surface area contributed by atoms with Crippen molar-refractivity contribution in [2.75, 3.05) is 6.61 Å². The fraction of sp³-hybridized carbons (Fsp3) is 0.269. The van der Waals surface area contributed by atoms with Crippen LogP contribution in [0.1, 0.15) is 36.1 Å². The summed E-state index contributed by atoms with van der Waals surface area (Å²) in [6.45, 7) is 1.84. The number of carbonyl (C=O) groups excluding carboxylic acids is 2. The van der Waals surface area contributed by atoms with E-state index >= 15 is 0 Å². The average molecular weight is 463 g/mol. The summed E-state index contributed by atoms with van der Waals surface area (Å²) in [6.07, 6.45) is 0.560. The molecule has 3 N–H and O–H groups in total. The highest BCUT2D eigenvalue weighted by molar-refractivity contribution is 5.89. The first kappa shape index (κ1) is 23.1. The monoisotopic (exact) mass is 462 g/mol. The molecule has 2 unspecified atom stereocenters. The Labute approximate surface area is 196 Å². The molecule has 1 heterocycles. The summed E-state index contributed by atoms with van der Waals surface area (Å²) in [5.74, 6) is -1.27. The minimum atomic E-state index is -1.27. The molecular formula is C26H26N2O6. The third-order valence-corrected chi connectivity index (χ3v) is 5.81. The van der Waals surface area contributed by atoms with Crippen LogP contribution in [0.3, 0.4) is 0 Å². The third kappa shape index (κ3) is 5.28. The second-order valence-corrected chi connectivity index (χ2v) is 8.31. The lowest BCUT2D eigenvalue weighted by molar-refractivity contribution is -0.140. The fourth-order valence-corrected chi connectivity index (χ4v) is 4.29. The van der Waals surface area contributed by atoms with Crippen LogP contribution in [0.2, 0.25) is 0 Å². The van der Waals surface area contributed by atoms with Gasteiger partial charge in [-0.1, -0.05) is 48.5 Å². The van der Waals surface area contributed by atoms with Crippen molar-refractivity contribution in [3.05, 3.63) is 83.8 Å². The van der Waals surface area contributed by atoms with Crippen molar-refractivity contribution in [3.63, 3.8) is 0 Å². The van der Waals surface area contributed by atoms with Crippen LogP contribution >= 0.6 is 0 Å². The van der Waals surface area contributed by atoms with E-state index in [-0.39, 0.29) is 18.6 Å². The van der Waals surface area contributed by atoms with E-state index in [1.165, 1.54) is 6.26 Å². The predicted molar refractivity (Wildman–Crippen MR) is 124 cm³/mol. The number of fused-ring (bicyclic) bond motifs is 3. The summed E-state index contributed by atoms with van der Waals surface area (Å²) < 4.78 is 10.7. The molecule has 0 fully saturated rings. The molecule has 0 radical (unpaired) electrons. The van der Waals surface area contributed by atoms with Crippen molar-refractivity contribution in [2.24, 2.45) is 0 Å². The van der Waals surface area contributed by atoms with Gasteiger partial charge in [0.1, 0.15) is 18.4 Å². The number of nitrogens with one attached hydrogen (secondary N) is 2. The Balaban J connectivity index is 1.38. The molecule has 0 saturated carbocycles. The molecule has 0 spiro atoms. The number of aliphatic carboxylic acids is 1. The molecule has 3 aromatic rings. The van der Waals surface area contributed by atoms with Gasteiger partial charge in [0.25, 0.3) is 0 Å². The summed E-state index contributed by atoms with van der Waals surface area (Å²) >= 11 is 0. The van der Waals surface area contributed by atoms with Crippen LogP contribution in [0.4, 0.5) is 4.79 Å². The fourth-order valence-electron chi connectivity index (χ4n) is 4.29. The van der Waals surface area contributed by atoms with Gasteiger partial charge < -0.3 is 24.9 Å². The van der Waals surface area contributed by atoms with Gasteiger partial charge in [-0.2, -0.15) is 0 Å². The zero-order valence-electron chi connectivity index (χ0n) is 18.7. The molecule has 2 atom stereocenters. The van der Waals surface area contributed by atoms with Crippen molar-refractivity contribution < 1.29 is 28.6 Å². The second-order valence-electron chi connectivity index (χ2n) is 8.31. The molecule has 4 rings (SSSR count). The molecule has 1 aliphatic carbocycles. The lowest BCUT2D eigenvalue weighted by Crippen LogP contribution is -2.50. The van der Waals surface area contributed by atoms with E-state index < -0.39 is 30.4 Å². The van der Waals surface area contributed by atoms with Crippen LogP contribution in [0.25, 0.3) is 11.1 Å². The number of rotatable bonds is 9. The van der Waals surface area contributed by atoms with Crippen LogP contribution in [-0.4, -0.2) is 41.8 Å². The van der Waals surface area contributed by atoms with Crippen molar-refractivity contribution in [3.8, 4) is 11.1 Å².